The van der Waals surface area contributed by atoms with Crippen molar-refractivity contribution in [3.8, 4) is 5.75 Å². The van der Waals surface area contributed by atoms with E-state index in [4.69, 9.17) is 14.6 Å². The Bertz CT molecular complexity index is 787. The Hall–Kier alpha value is -2.86. The number of amides is 1. The van der Waals surface area contributed by atoms with Gasteiger partial charge in [0.25, 0.3) is 5.91 Å². The molecule has 1 aliphatic rings. The zero-order valence-electron chi connectivity index (χ0n) is 15.8. The van der Waals surface area contributed by atoms with E-state index in [-0.39, 0.29) is 5.91 Å². The summed E-state index contributed by atoms with van der Waals surface area (Å²) in [6.07, 6.45) is 1.89. The monoisotopic (exact) mass is 383 g/mol. The van der Waals surface area contributed by atoms with E-state index >= 15 is 0 Å². The molecule has 148 valence electrons. The van der Waals surface area contributed by atoms with Gasteiger partial charge in [-0.3, -0.25) is 4.79 Å². The van der Waals surface area contributed by atoms with Crippen LogP contribution in [-0.2, 0) is 16.1 Å². The van der Waals surface area contributed by atoms with E-state index in [0.29, 0.717) is 30.3 Å². The second kappa shape index (κ2) is 9.90. The Balaban J connectivity index is 1.76. The number of carbonyl (C=O) groups excluding carboxylic acids is 1. The van der Waals surface area contributed by atoms with Crippen LogP contribution >= 0.6 is 0 Å². The van der Waals surface area contributed by atoms with Crippen LogP contribution in [0, 0.1) is 5.92 Å². The summed E-state index contributed by atoms with van der Waals surface area (Å²) in [5, 5.41) is 8.78. The molecule has 6 nitrogen and oxygen atoms in total. The van der Waals surface area contributed by atoms with Crippen molar-refractivity contribution in [3.05, 3.63) is 65.7 Å². The summed E-state index contributed by atoms with van der Waals surface area (Å²) in [5.74, 6) is -0.357. The van der Waals surface area contributed by atoms with Crippen molar-refractivity contribution in [2.45, 2.75) is 19.4 Å². The Morgan fingerprint density at radius 1 is 1.07 bits per heavy atom. The molecule has 0 atom stereocenters. The van der Waals surface area contributed by atoms with Gasteiger partial charge in [-0.1, -0.05) is 36.4 Å². The maximum atomic E-state index is 13.2. The fourth-order valence-electron chi connectivity index (χ4n) is 3.31. The number of benzene rings is 2. The normalized spacial score (nSPS) is 14.4. The van der Waals surface area contributed by atoms with Crippen molar-refractivity contribution < 1.29 is 24.2 Å². The summed E-state index contributed by atoms with van der Waals surface area (Å²) < 4.78 is 10.7. The highest BCUT2D eigenvalue weighted by Crippen LogP contribution is 2.21. The molecular formula is C22H25NO5. The summed E-state index contributed by atoms with van der Waals surface area (Å²) in [6, 6.07) is 16.6. The molecule has 6 heteroatoms. The summed E-state index contributed by atoms with van der Waals surface area (Å²) >= 11 is 0. The number of ether oxygens (including phenoxy) is 2. The number of carbonyl (C=O) groups is 2. The number of aliphatic carboxylic acids is 1. The van der Waals surface area contributed by atoms with Crippen LogP contribution in [0.5, 0.6) is 5.75 Å². The molecule has 1 amide bonds. The Kier molecular flexibility index (Phi) is 7.03. The lowest BCUT2D eigenvalue weighted by Gasteiger charge is -2.30. The summed E-state index contributed by atoms with van der Waals surface area (Å²) in [5.41, 5.74) is 1.56. The predicted octanol–water partition coefficient (Wildman–Crippen LogP) is 3.22. The van der Waals surface area contributed by atoms with Crippen molar-refractivity contribution >= 4 is 11.9 Å². The van der Waals surface area contributed by atoms with E-state index in [0.717, 1.165) is 31.6 Å². The van der Waals surface area contributed by atoms with Crippen LogP contribution in [0.3, 0.4) is 0 Å². The van der Waals surface area contributed by atoms with Gasteiger partial charge in [0.2, 0.25) is 0 Å². The van der Waals surface area contributed by atoms with Crippen LogP contribution in [-0.4, -0.2) is 48.2 Å². The molecule has 28 heavy (non-hydrogen) atoms. The molecule has 3 rings (SSSR count). The molecule has 1 heterocycles. The van der Waals surface area contributed by atoms with Crippen molar-refractivity contribution in [2.24, 2.45) is 5.92 Å². The van der Waals surface area contributed by atoms with Crippen molar-refractivity contribution in [2.75, 3.05) is 26.4 Å². The molecule has 0 aliphatic carbocycles. The predicted molar refractivity (Wildman–Crippen MR) is 104 cm³/mol. The minimum Gasteiger partial charge on any atom is -0.482 e. The third-order valence-corrected chi connectivity index (χ3v) is 4.77. The Labute approximate surface area is 164 Å². The van der Waals surface area contributed by atoms with E-state index in [2.05, 4.69) is 0 Å². The van der Waals surface area contributed by atoms with Crippen LogP contribution in [0.2, 0.25) is 0 Å². The highest BCUT2D eigenvalue weighted by Gasteiger charge is 2.23. The Morgan fingerprint density at radius 2 is 1.82 bits per heavy atom. The third kappa shape index (κ3) is 5.82. The summed E-state index contributed by atoms with van der Waals surface area (Å²) in [6.45, 7) is 2.22. The number of carboxylic acids is 1. The fourth-order valence-corrected chi connectivity index (χ4v) is 3.31. The molecule has 2 aromatic rings. The molecule has 0 radical (unpaired) electrons. The fraction of sp³-hybridized carbons (Fsp3) is 0.364. The standard InChI is InChI=1S/C22H25NO5/c24-21(25)16-28-20-8-4-7-19(13-20)22(26)23(14-17-5-2-1-3-6-17)15-18-9-11-27-12-10-18/h1-8,13,18H,9-12,14-16H2,(H,24,25). The van der Waals surface area contributed by atoms with E-state index in [9.17, 15) is 9.59 Å². The molecule has 0 unspecified atom stereocenters. The van der Waals surface area contributed by atoms with Crippen molar-refractivity contribution in [3.63, 3.8) is 0 Å². The Morgan fingerprint density at radius 3 is 2.54 bits per heavy atom. The zero-order chi connectivity index (χ0) is 19.8. The summed E-state index contributed by atoms with van der Waals surface area (Å²) in [4.78, 5) is 25.8. The lowest BCUT2D eigenvalue weighted by molar-refractivity contribution is -0.139. The van der Waals surface area contributed by atoms with Crippen LogP contribution < -0.4 is 4.74 Å². The highest BCUT2D eigenvalue weighted by molar-refractivity contribution is 5.94. The van der Waals surface area contributed by atoms with Gasteiger partial charge in [0.1, 0.15) is 5.75 Å². The van der Waals surface area contributed by atoms with E-state index in [1.54, 1.807) is 24.3 Å². The van der Waals surface area contributed by atoms with Gasteiger partial charge in [0.05, 0.1) is 0 Å². The molecule has 1 N–H and O–H groups in total. The van der Waals surface area contributed by atoms with Crippen LogP contribution in [0.1, 0.15) is 28.8 Å². The van der Waals surface area contributed by atoms with Crippen LogP contribution in [0.25, 0.3) is 0 Å². The SMILES string of the molecule is O=C(O)COc1cccc(C(=O)N(Cc2ccccc2)CC2CCOCC2)c1. The quantitative estimate of drug-likeness (QED) is 0.757. The number of hydrogen-bond donors (Lipinski definition) is 1. The smallest absolute Gasteiger partial charge is 0.341 e. The van der Waals surface area contributed by atoms with Gasteiger partial charge in [-0.25, -0.2) is 4.79 Å². The minimum atomic E-state index is -1.05. The molecule has 1 aliphatic heterocycles. The molecule has 0 aromatic heterocycles. The average Bonchev–Trinajstić information content (AvgIpc) is 2.73. The first-order chi connectivity index (χ1) is 13.6. The van der Waals surface area contributed by atoms with Crippen LogP contribution in [0.15, 0.2) is 54.6 Å². The second-order valence-electron chi connectivity index (χ2n) is 6.94. The first-order valence-electron chi connectivity index (χ1n) is 9.47. The molecular weight excluding hydrogens is 358 g/mol. The largest absolute Gasteiger partial charge is 0.482 e. The van der Waals surface area contributed by atoms with E-state index in [1.165, 1.54) is 0 Å². The lowest BCUT2D eigenvalue weighted by atomic mass is 9.99. The van der Waals surface area contributed by atoms with E-state index < -0.39 is 12.6 Å². The maximum absolute atomic E-state index is 13.2. The molecule has 1 fully saturated rings. The van der Waals surface area contributed by atoms with Gasteiger partial charge in [-0.2, -0.15) is 0 Å². The second-order valence-corrected chi connectivity index (χ2v) is 6.94. The molecule has 0 saturated carbocycles. The van der Waals surface area contributed by atoms with E-state index in [1.807, 2.05) is 35.2 Å². The van der Waals surface area contributed by atoms with Crippen molar-refractivity contribution in [1.82, 2.24) is 4.90 Å². The number of hydrogen-bond acceptors (Lipinski definition) is 4. The molecule has 2 aromatic carbocycles. The first kappa shape index (κ1) is 19.9. The minimum absolute atomic E-state index is 0.0869. The number of nitrogens with zero attached hydrogens (tertiary/aromatic N) is 1. The molecule has 0 bridgehead atoms. The van der Waals surface area contributed by atoms with Gasteiger partial charge in [0, 0.05) is 31.9 Å². The highest BCUT2D eigenvalue weighted by atomic mass is 16.5. The first-order valence-corrected chi connectivity index (χ1v) is 9.47. The molecule has 1 saturated heterocycles. The summed E-state index contributed by atoms with van der Waals surface area (Å²) in [7, 11) is 0. The van der Waals surface area contributed by atoms with Gasteiger partial charge in [0.15, 0.2) is 6.61 Å². The van der Waals surface area contributed by atoms with Gasteiger partial charge in [-0.15, -0.1) is 0 Å². The van der Waals surface area contributed by atoms with Gasteiger partial charge < -0.3 is 19.5 Å². The van der Waals surface area contributed by atoms with Crippen molar-refractivity contribution in [1.29, 1.82) is 0 Å². The van der Waals surface area contributed by atoms with Crippen LogP contribution in [0.4, 0.5) is 0 Å². The van der Waals surface area contributed by atoms with Gasteiger partial charge >= 0.3 is 5.97 Å². The zero-order valence-corrected chi connectivity index (χ0v) is 15.8. The lowest BCUT2D eigenvalue weighted by Crippen LogP contribution is -2.36. The number of carboxylic acid groups (broad SMARTS) is 1. The third-order valence-electron chi connectivity index (χ3n) is 4.77. The maximum Gasteiger partial charge on any atom is 0.341 e. The topological polar surface area (TPSA) is 76.1 Å². The average molecular weight is 383 g/mol. The van der Waals surface area contributed by atoms with Gasteiger partial charge in [-0.05, 0) is 42.5 Å². The molecule has 0 spiro atoms. The number of rotatable bonds is 8.